The van der Waals surface area contributed by atoms with Crippen LogP contribution in [0.1, 0.15) is 13.8 Å². The largest absolute Gasteiger partial charge is 0.462 e. The molecule has 0 N–H and O–H groups in total. The van der Waals surface area contributed by atoms with E-state index in [4.69, 9.17) is 9.47 Å². The first kappa shape index (κ1) is 18.2. The van der Waals surface area contributed by atoms with Crippen LogP contribution in [0.25, 0.3) is 0 Å². The summed E-state index contributed by atoms with van der Waals surface area (Å²) < 4.78 is 36.4. The third-order valence-corrected chi connectivity index (χ3v) is 5.82. The van der Waals surface area contributed by atoms with E-state index in [1.807, 2.05) is 0 Å². The number of sulfonamides is 1. The molecule has 0 bridgehead atoms. The van der Waals surface area contributed by atoms with Crippen LogP contribution in [-0.2, 0) is 24.3 Å². The molecule has 0 amide bonds. The van der Waals surface area contributed by atoms with Gasteiger partial charge in [0.1, 0.15) is 4.90 Å². The molecular formula is C14H20N2O5S2. The Kier molecular flexibility index (Phi) is 6.40. The van der Waals surface area contributed by atoms with Crippen molar-refractivity contribution < 1.29 is 22.7 Å². The average molecular weight is 360 g/mol. The average Bonchev–Trinajstić information content (AvgIpc) is 2.53. The van der Waals surface area contributed by atoms with Crippen molar-refractivity contribution in [2.24, 2.45) is 0 Å². The molecule has 1 aromatic rings. The summed E-state index contributed by atoms with van der Waals surface area (Å²) in [4.78, 5) is 15.7. The van der Waals surface area contributed by atoms with E-state index in [0.29, 0.717) is 31.3 Å². The molecule has 0 aromatic carbocycles. The maximum atomic E-state index is 12.4. The SMILES string of the molecule is CC(C)OC(=O)CSc1ccc(S(=O)(=O)N2CCOCC2)cn1. The molecule has 2 heterocycles. The second kappa shape index (κ2) is 8.09. The Hall–Kier alpha value is -1.16. The molecule has 0 atom stereocenters. The first-order valence-electron chi connectivity index (χ1n) is 7.26. The molecule has 128 valence electrons. The van der Waals surface area contributed by atoms with E-state index in [2.05, 4.69) is 4.98 Å². The van der Waals surface area contributed by atoms with Crippen molar-refractivity contribution in [3.05, 3.63) is 18.3 Å². The molecular weight excluding hydrogens is 340 g/mol. The maximum Gasteiger partial charge on any atom is 0.316 e. The molecule has 1 saturated heterocycles. The van der Waals surface area contributed by atoms with Gasteiger partial charge in [0.05, 0.1) is 30.1 Å². The van der Waals surface area contributed by atoms with Crippen molar-refractivity contribution in [3.8, 4) is 0 Å². The molecule has 7 nitrogen and oxygen atoms in total. The van der Waals surface area contributed by atoms with Gasteiger partial charge in [0.2, 0.25) is 10.0 Å². The standard InChI is InChI=1S/C14H20N2O5S2/c1-11(2)21-14(17)10-22-13-4-3-12(9-15-13)23(18,19)16-5-7-20-8-6-16/h3-4,9,11H,5-8,10H2,1-2H3. The van der Waals surface area contributed by atoms with Crippen LogP contribution in [0, 0.1) is 0 Å². The number of esters is 1. The summed E-state index contributed by atoms with van der Waals surface area (Å²) in [5, 5.41) is 0.576. The fourth-order valence-corrected chi connectivity index (χ4v) is 3.95. The van der Waals surface area contributed by atoms with Gasteiger partial charge in [-0.05, 0) is 26.0 Å². The van der Waals surface area contributed by atoms with Crippen LogP contribution in [0.3, 0.4) is 0 Å². The topological polar surface area (TPSA) is 85.8 Å². The predicted octanol–water partition coefficient (Wildman–Crippen LogP) is 1.15. The molecule has 0 unspecified atom stereocenters. The lowest BCUT2D eigenvalue weighted by atomic mass is 10.5. The zero-order valence-electron chi connectivity index (χ0n) is 13.1. The highest BCUT2D eigenvalue weighted by atomic mass is 32.2. The molecule has 0 spiro atoms. The Bertz CT molecular complexity index is 625. The number of carbonyl (C=O) groups is 1. The molecule has 1 aliphatic rings. The van der Waals surface area contributed by atoms with E-state index in [0.717, 1.165) is 0 Å². The number of aromatic nitrogens is 1. The lowest BCUT2D eigenvalue weighted by Gasteiger charge is -2.25. The van der Waals surface area contributed by atoms with Crippen molar-refractivity contribution in [2.75, 3.05) is 32.1 Å². The number of morpholine rings is 1. The van der Waals surface area contributed by atoms with Crippen molar-refractivity contribution in [2.45, 2.75) is 29.9 Å². The molecule has 23 heavy (non-hydrogen) atoms. The Balaban J connectivity index is 1.97. The van der Waals surface area contributed by atoms with Crippen LogP contribution in [0.5, 0.6) is 0 Å². The Morgan fingerprint density at radius 1 is 1.39 bits per heavy atom. The van der Waals surface area contributed by atoms with Gasteiger partial charge in [0, 0.05) is 19.3 Å². The molecule has 9 heteroatoms. The van der Waals surface area contributed by atoms with Gasteiger partial charge in [-0.3, -0.25) is 4.79 Å². The highest BCUT2D eigenvalue weighted by Crippen LogP contribution is 2.20. The normalized spacial score (nSPS) is 16.5. The van der Waals surface area contributed by atoms with E-state index in [1.165, 1.54) is 28.3 Å². The maximum absolute atomic E-state index is 12.4. The van der Waals surface area contributed by atoms with E-state index >= 15 is 0 Å². The summed E-state index contributed by atoms with van der Waals surface area (Å²) in [6, 6.07) is 3.11. The van der Waals surface area contributed by atoms with Crippen LogP contribution < -0.4 is 0 Å². The van der Waals surface area contributed by atoms with Gasteiger partial charge in [0.25, 0.3) is 0 Å². The van der Waals surface area contributed by atoms with Crippen LogP contribution in [0.2, 0.25) is 0 Å². The van der Waals surface area contributed by atoms with E-state index in [-0.39, 0.29) is 22.7 Å². The van der Waals surface area contributed by atoms with Crippen molar-refractivity contribution >= 4 is 27.8 Å². The monoisotopic (exact) mass is 360 g/mol. The lowest BCUT2D eigenvalue weighted by molar-refractivity contribution is -0.144. The second-order valence-corrected chi connectivity index (χ2v) is 8.11. The summed E-state index contributed by atoms with van der Waals surface area (Å²) in [6.07, 6.45) is 1.16. The first-order chi connectivity index (χ1) is 10.9. The van der Waals surface area contributed by atoms with Gasteiger partial charge in [-0.15, -0.1) is 0 Å². The molecule has 1 aliphatic heterocycles. The van der Waals surface area contributed by atoms with Crippen LogP contribution in [-0.4, -0.2) is 61.8 Å². The molecule has 0 radical (unpaired) electrons. The van der Waals surface area contributed by atoms with Gasteiger partial charge in [0.15, 0.2) is 0 Å². The number of pyridine rings is 1. The minimum absolute atomic E-state index is 0.140. The van der Waals surface area contributed by atoms with Gasteiger partial charge in [-0.2, -0.15) is 4.31 Å². The second-order valence-electron chi connectivity index (χ2n) is 5.18. The Labute approximate surface area is 140 Å². The molecule has 0 aliphatic carbocycles. The minimum Gasteiger partial charge on any atom is -0.462 e. The number of hydrogen-bond acceptors (Lipinski definition) is 7. The molecule has 1 aromatic heterocycles. The summed E-state index contributed by atoms with van der Waals surface area (Å²) in [7, 11) is -3.54. The summed E-state index contributed by atoms with van der Waals surface area (Å²) in [5.41, 5.74) is 0. The molecule has 2 rings (SSSR count). The minimum atomic E-state index is -3.54. The summed E-state index contributed by atoms with van der Waals surface area (Å²) in [6.45, 7) is 5.06. The van der Waals surface area contributed by atoms with Crippen LogP contribution in [0.15, 0.2) is 28.3 Å². The van der Waals surface area contributed by atoms with Gasteiger partial charge >= 0.3 is 5.97 Å². The van der Waals surface area contributed by atoms with Gasteiger partial charge in [-0.25, -0.2) is 13.4 Å². The third kappa shape index (κ3) is 5.17. The highest BCUT2D eigenvalue weighted by molar-refractivity contribution is 7.99. The quantitative estimate of drug-likeness (QED) is 0.555. The number of carbonyl (C=O) groups excluding carboxylic acids is 1. The van der Waals surface area contributed by atoms with E-state index < -0.39 is 10.0 Å². The highest BCUT2D eigenvalue weighted by Gasteiger charge is 2.26. The van der Waals surface area contributed by atoms with Crippen molar-refractivity contribution in [1.29, 1.82) is 0 Å². The number of nitrogens with zero attached hydrogens (tertiary/aromatic N) is 2. The van der Waals surface area contributed by atoms with Crippen LogP contribution in [0.4, 0.5) is 0 Å². The smallest absolute Gasteiger partial charge is 0.316 e. The fraction of sp³-hybridized carbons (Fsp3) is 0.571. The Morgan fingerprint density at radius 2 is 2.09 bits per heavy atom. The Morgan fingerprint density at radius 3 is 2.65 bits per heavy atom. The lowest BCUT2D eigenvalue weighted by Crippen LogP contribution is -2.40. The zero-order valence-corrected chi connectivity index (χ0v) is 14.7. The predicted molar refractivity (Wildman–Crippen MR) is 85.8 cm³/mol. The van der Waals surface area contributed by atoms with Gasteiger partial charge in [-0.1, -0.05) is 11.8 Å². The molecule has 0 saturated carbocycles. The van der Waals surface area contributed by atoms with E-state index in [9.17, 15) is 13.2 Å². The van der Waals surface area contributed by atoms with Crippen molar-refractivity contribution in [1.82, 2.24) is 9.29 Å². The zero-order chi connectivity index (χ0) is 16.9. The molecule has 1 fully saturated rings. The first-order valence-corrected chi connectivity index (χ1v) is 9.68. The number of hydrogen-bond donors (Lipinski definition) is 0. The fourth-order valence-electron chi connectivity index (χ4n) is 1.97. The van der Waals surface area contributed by atoms with Crippen molar-refractivity contribution in [3.63, 3.8) is 0 Å². The third-order valence-electron chi connectivity index (χ3n) is 3.02. The van der Waals surface area contributed by atoms with E-state index in [1.54, 1.807) is 19.9 Å². The number of rotatable bonds is 6. The summed E-state index contributed by atoms with van der Waals surface area (Å²) in [5.74, 6) is -0.183. The number of thioether (sulfide) groups is 1. The summed E-state index contributed by atoms with van der Waals surface area (Å²) >= 11 is 1.21. The number of ether oxygens (including phenoxy) is 2. The van der Waals surface area contributed by atoms with Crippen LogP contribution >= 0.6 is 11.8 Å². The van der Waals surface area contributed by atoms with Gasteiger partial charge < -0.3 is 9.47 Å².